The van der Waals surface area contributed by atoms with E-state index in [1.54, 1.807) is 25.3 Å². The zero-order valence-electron chi connectivity index (χ0n) is 17.2. The summed E-state index contributed by atoms with van der Waals surface area (Å²) in [5, 5.41) is 11.6. The molecule has 0 radical (unpaired) electrons. The van der Waals surface area contributed by atoms with Crippen molar-refractivity contribution in [2.24, 2.45) is 5.41 Å². The fourth-order valence-corrected chi connectivity index (χ4v) is 6.80. The molecule has 0 saturated carbocycles. The van der Waals surface area contributed by atoms with Gasteiger partial charge in [0.2, 0.25) is 0 Å². The number of aliphatic hydroxyl groups is 1. The van der Waals surface area contributed by atoms with Gasteiger partial charge in [-0.15, -0.1) is 0 Å². The smallest absolute Gasteiger partial charge is 0.179 e. The van der Waals surface area contributed by atoms with Crippen molar-refractivity contribution >= 4 is 9.84 Å². The summed E-state index contributed by atoms with van der Waals surface area (Å²) >= 11 is 0. The zero-order chi connectivity index (χ0) is 21.2. The molecule has 0 aromatic heterocycles. The maximum atomic E-state index is 14.2. The van der Waals surface area contributed by atoms with Gasteiger partial charge in [0.15, 0.2) is 9.84 Å². The Labute approximate surface area is 172 Å². The van der Waals surface area contributed by atoms with Gasteiger partial charge in [0, 0.05) is 11.3 Å². The van der Waals surface area contributed by atoms with Gasteiger partial charge in [0.1, 0.15) is 11.6 Å². The van der Waals surface area contributed by atoms with E-state index in [1.165, 1.54) is 18.2 Å². The third-order valence-corrected chi connectivity index (χ3v) is 8.24. The van der Waals surface area contributed by atoms with Gasteiger partial charge < -0.3 is 9.84 Å². The Balaban J connectivity index is 2.30. The number of hydrogen-bond acceptors (Lipinski definition) is 4. The predicted octanol–water partition coefficient (Wildman–Crippen LogP) is 4.70. The molecule has 0 spiro atoms. The van der Waals surface area contributed by atoms with Crippen LogP contribution >= 0.6 is 0 Å². The average Bonchev–Trinajstić information content (AvgIpc) is 2.77. The fourth-order valence-electron chi connectivity index (χ4n) is 4.54. The highest BCUT2D eigenvalue weighted by molar-refractivity contribution is 7.91. The van der Waals surface area contributed by atoms with Gasteiger partial charge >= 0.3 is 0 Å². The van der Waals surface area contributed by atoms with Crippen LogP contribution in [0.4, 0.5) is 4.39 Å². The summed E-state index contributed by atoms with van der Waals surface area (Å²) in [6.07, 6.45) is 1.86. The van der Waals surface area contributed by atoms with Crippen molar-refractivity contribution in [1.29, 1.82) is 0 Å². The molecular formula is C23H29FO4S. The molecule has 2 aromatic carbocycles. The fraction of sp³-hybridized carbons (Fsp3) is 0.478. The number of aliphatic hydroxyl groups excluding tert-OH is 1. The van der Waals surface area contributed by atoms with E-state index in [2.05, 4.69) is 0 Å². The summed E-state index contributed by atoms with van der Waals surface area (Å²) in [4.78, 5) is 0.109. The van der Waals surface area contributed by atoms with E-state index >= 15 is 0 Å². The molecule has 1 heterocycles. The monoisotopic (exact) mass is 420 g/mol. The number of halogens is 1. The molecule has 0 amide bonds. The molecule has 0 fully saturated rings. The van der Waals surface area contributed by atoms with Gasteiger partial charge in [-0.2, -0.15) is 0 Å². The highest BCUT2D eigenvalue weighted by atomic mass is 32.2. The van der Waals surface area contributed by atoms with Crippen LogP contribution in [0.15, 0.2) is 47.4 Å². The molecule has 1 aliphatic rings. The largest absolute Gasteiger partial charge is 0.497 e. The lowest BCUT2D eigenvalue weighted by Gasteiger charge is -2.39. The van der Waals surface area contributed by atoms with Crippen molar-refractivity contribution in [3.8, 4) is 5.75 Å². The molecule has 0 saturated heterocycles. The van der Waals surface area contributed by atoms with Crippen LogP contribution in [0.25, 0.3) is 0 Å². The van der Waals surface area contributed by atoms with Gasteiger partial charge in [-0.1, -0.05) is 38.8 Å². The number of benzene rings is 2. The number of rotatable bonds is 6. The Morgan fingerprint density at radius 2 is 1.97 bits per heavy atom. The minimum atomic E-state index is -3.69. The van der Waals surface area contributed by atoms with E-state index in [4.69, 9.17) is 4.74 Å². The van der Waals surface area contributed by atoms with Crippen LogP contribution in [0, 0.1) is 11.2 Å². The molecular weight excluding hydrogens is 391 g/mol. The number of unbranched alkanes of at least 4 members (excludes halogenated alkanes) is 1. The Kier molecular flexibility index (Phi) is 6.34. The third-order valence-electron chi connectivity index (χ3n) is 6.25. The average molecular weight is 421 g/mol. The summed E-state index contributed by atoms with van der Waals surface area (Å²) in [6, 6.07) is 11.0. The van der Waals surface area contributed by atoms with Crippen molar-refractivity contribution in [2.75, 3.05) is 12.9 Å². The van der Waals surface area contributed by atoms with E-state index < -0.39 is 33.1 Å². The molecule has 3 atom stereocenters. The first-order chi connectivity index (χ1) is 13.8. The first-order valence-electron chi connectivity index (χ1n) is 10.1. The lowest BCUT2D eigenvalue weighted by atomic mass is 9.69. The summed E-state index contributed by atoms with van der Waals surface area (Å²) in [5.41, 5.74) is 0.227. The Morgan fingerprint density at radius 3 is 2.62 bits per heavy atom. The van der Waals surface area contributed by atoms with Crippen LogP contribution in [-0.4, -0.2) is 32.5 Å². The van der Waals surface area contributed by atoms with Crippen LogP contribution < -0.4 is 4.74 Å². The zero-order valence-corrected chi connectivity index (χ0v) is 18.0. The van der Waals surface area contributed by atoms with Crippen molar-refractivity contribution in [2.45, 2.75) is 56.4 Å². The number of hydrogen-bond donors (Lipinski definition) is 1. The topological polar surface area (TPSA) is 63.6 Å². The Hall–Kier alpha value is -1.92. The molecule has 158 valence electrons. The quantitative estimate of drug-likeness (QED) is 0.688. The number of sulfone groups is 1. The predicted molar refractivity (Wildman–Crippen MR) is 112 cm³/mol. The van der Waals surface area contributed by atoms with Gasteiger partial charge in [-0.25, -0.2) is 12.8 Å². The van der Waals surface area contributed by atoms with Gasteiger partial charge in [-0.3, -0.25) is 0 Å². The minimum absolute atomic E-state index is 0.109. The van der Waals surface area contributed by atoms with Gasteiger partial charge in [-0.05, 0) is 54.3 Å². The summed E-state index contributed by atoms with van der Waals surface area (Å²) in [6.45, 7) is 3.97. The van der Waals surface area contributed by atoms with E-state index in [0.717, 1.165) is 18.4 Å². The van der Waals surface area contributed by atoms with Gasteiger partial charge in [0.05, 0.1) is 23.9 Å². The van der Waals surface area contributed by atoms with Gasteiger partial charge in [0.25, 0.3) is 0 Å². The molecule has 0 unspecified atom stereocenters. The SMILES string of the molecule is CCCC[C@]1(CC)CS(=O)(=O)c2ccc(F)cc2[C@H](c2cccc(OC)c2)[C@@H]1O. The molecule has 1 aliphatic heterocycles. The van der Waals surface area contributed by atoms with Crippen molar-refractivity contribution in [1.82, 2.24) is 0 Å². The molecule has 29 heavy (non-hydrogen) atoms. The molecule has 2 aromatic rings. The summed E-state index contributed by atoms with van der Waals surface area (Å²) in [5.74, 6) is -0.714. The molecule has 1 N–H and O–H groups in total. The summed E-state index contributed by atoms with van der Waals surface area (Å²) < 4.78 is 46.2. The lowest BCUT2D eigenvalue weighted by molar-refractivity contribution is 0.0173. The van der Waals surface area contributed by atoms with E-state index in [0.29, 0.717) is 24.2 Å². The molecule has 3 rings (SSSR count). The Bertz CT molecular complexity index is 973. The highest BCUT2D eigenvalue weighted by Crippen LogP contribution is 2.49. The second-order valence-corrected chi connectivity index (χ2v) is 9.92. The lowest BCUT2D eigenvalue weighted by Crippen LogP contribution is -2.42. The number of methoxy groups -OCH3 is 1. The molecule has 0 aliphatic carbocycles. The number of fused-ring (bicyclic) bond motifs is 1. The molecule has 6 heteroatoms. The van der Waals surface area contributed by atoms with Crippen LogP contribution in [0.2, 0.25) is 0 Å². The van der Waals surface area contributed by atoms with Crippen LogP contribution in [0.3, 0.4) is 0 Å². The first-order valence-corrected chi connectivity index (χ1v) is 11.8. The maximum Gasteiger partial charge on any atom is 0.179 e. The highest BCUT2D eigenvalue weighted by Gasteiger charge is 2.49. The molecule has 4 nitrogen and oxygen atoms in total. The summed E-state index contributed by atoms with van der Waals surface area (Å²) in [7, 11) is -2.14. The number of ether oxygens (including phenoxy) is 1. The van der Waals surface area contributed by atoms with Crippen LogP contribution in [-0.2, 0) is 9.84 Å². The third kappa shape index (κ3) is 4.05. The Morgan fingerprint density at radius 1 is 1.21 bits per heavy atom. The standard InChI is InChI=1S/C23H29FO4S/c1-4-6-12-23(5-2)15-29(26,27)20-11-10-17(24)14-19(20)21(22(23)25)16-8-7-9-18(13-16)28-3/h7-11,13-14,21-22,25H,4-6,12,15H2,1-3H3/t21-,22-,23+/m0/s1. The first kappa shape index (κ1) is 21.8. The second kappa shape index (κ2) is 8.44. The van der Waals surface area contributed by atoms with Crippen molar-refractivity contribution < 1.29 is 22.7 Å². The normalized spacial score (nSPS) is 25.8. The van der Waals surface area contributed by atoms with Crippen LogP contribution in [0.5, 0.6) is 5.75 Å². The second-order valence-electron chi connectivity index (χ2n) is 7.96. The maximum absolute atomic E-state index is 14.2. The van der Waals surface area contributed by atoms with E-state index in [1.807, 2.05) is 19.9 Å². The van der Waals surface area contributed by atoms with E-state index in [9.17, 15) is 17.9 Å². The molecule has 0 bridgehead atoms. The van der Waals surface area contributed by atoms with Crippen LogP contribution in [0.1, 0.15) is 56.6 Å². The van der Waals surface area contributed by atoms with E-state index in [-0.39, 0.29) is 10.6 Å². The minimum Gasteiger partial charge on any atom is -0.497 e. The van der Waals surface area contributed by atoms with Crippen molar-refractivity contribution in [3.05, 3.63) is 59.4 Å². The van der Waals surface area contributed by atoms with Crippen molar-refractivity contribution in [3.63, 3.8) is 0 Å².